The molecule has 9 heteroatoms. The Balaban J connectivity index is 1.31. The zero-order chi connectivity index (χ0) is 18.9. The summed E-state index contributed by atoms with van der Waals surface area (Å²) in [6.45, 7) is 4.13. The van der Waals surface area contributed by atoms with Crippen LogP contribution in [-0.2, 0) is 19.5 Å². The molecule has 150 valence electrons. The molecule has 2 aliphatic heterocycles. The minimum atomic E-state index is 0.00322. The van der Waals surface area contributed by atoms with E-state index in [0.717, 1.165) is 61.9 Å². The lowest BCUT2D eigenvalue weighted by atomic mass is 9.95. The van der Waals surface area contributed by atoms with Gasteiger partial charge in [0.05, 0.1) is 23.8 Å². The number of hydrogen-bond acceptors (Lipinski definition) is 7. The van der Waals surface area contributed by atoms with Crippen LogP contribution in [0.1, 0.15) is 68.1 Å². The highest BCUT2D eigenvalue weighted by Crippen LogP contribution is 2.28. The molecular formula is C19H28N8O. The van der Waals surface area contributed by atoms with Gasteiger partial charge < -0.3 is 4.90 Å². The third-order valence-electron chi connectivity index (χ3n) is 6.39. The van der Waals surface area contributed by atoms with E-state index in [1.165, 1.54) is 32.1 Å². The molecule has 0 aromatic carbocycles. The van der Waals surface area contributed by atoms with E-state index in [4.69, 9.17) is 4.98 Å². The molecule has 0 amide bonds. The van der Waals surface area contributed by atoms with Crippen LogP contribution >= 0.6 is 0 Å². The van der Waals surface area contributed by atoms with Gasteiger partial charge in [0.25, 0.3) is 5.56 Å². The molecule has 0 bridgehead atoms. The van der Waals surface area contributed by atoms with Crippen LogP contribution in [0.15, 0.2) is 4.79 Å². The molecule has 0 spiro atoms. The maximum Gasteiger partial charge on any atom is 0.257 e. The predicted molar refractivity (Wildman–Crippen MR) is 104 cm³/mol. The molecule has 28 heavy (non-hydrogen) atoms. The van der Waals surface area contributed by atoms with Crippen molar-refractivity contribution in [2.24, 2.45) is 0 Å². The Morgan fingerprint density at radius 2 is 1.86 bits per heavy atom. The number of aromatic amines is 1. The summed E-state index contributed by atoms with van der Waals surface area (Å²) >= 11 is 0. The van der Waals surface area contributed by atoms with Gasteiger partial charge in [-0.2, -0.15) is 0 Å². The second kappa shape index (κ2) is 7.62. The molecule has 4 heterocycles. The summed E-state index contributed by atoms with van der Waals surface area (Å²) < 4.78 is 2.02. The molecule has 9 nitrogen and oxygen atoms in total. The second-order valence-electron chi connectivity index (χ2n) is 8.30. The van der Waals surface area contributed by atoms with Crippen LogP contribution in [0.3, 0.4) is 0 Å². The van der Waals surface area contributed by atoms with Gasteiger partial charge in [-0.15, -0.1) is 5.10 Å². The molecular weight excluding hydrogens is 356 g/mol. The van der Waals surface area contributed by atoms with Crippen molar-refractivity contribution >= 4 is 5.95 Å². The van der Waals surface area contributed by atoms with Crippen molar-refractivity contribution in [3.05, 3.63) is 27.4 Å². The van der Waals surface area contributed by atoms with E-state index in [1.807, 2.05) is 4.68 Å². The summed E-state index contributed by atoms with van der Waals surface area (Å²) in [5, 5.41) is 12.5. The number of anilines is 1. The van der Waals surface area contributed by atoms with Crippen LogP contribution in [0.2, 0.25) is 0 Å². The monoisotopic (exact) mass is 384 g/mol. The summed E-state index contributed by atoms with van der Waals surface area (Å²) in [6.07, 6.45) is 9.27. The molecule has 3 aliphatic rings. The first-order valence-corrected chi connectivity index (χ1v) is 10.6. The smallest absolute Gasteiger partial charge is 0.257 e. The molecule has 2 fully saturated rings. The van der Waals surface area contributed by atoms with E-state index < -0.39 is 0 Å². The van der Waals surface area contributed by atoms with E-state index in [-0.39, 0.29) is 5.56 Å². The van der Waals surface area contributed by atoms with Gasteiger partial charge >= 0.3 is 0 Å². The fourth-order valence-corrected chi connectivity index (χ4v) is 4.81. The van der Waals surface area contributed by atoms with Crippen molar-refractivity contribution in [2.45, 2.75) is 70.5 Å². The largest absolute Gasteiger partial charge is 0.342 e. The summed E-state index contributed by atoms with van der Waals surface area (Å²) in [7, 11) is 0. The van der Waals surface area contributed by atoms with Crippen LogP contribution < -0.4 is 10.5 Å². The van der Waals surface area contributed by atoms with Crippen LogP contribution in [-0.4, -0.2) is 54.7 Å². The van der Waals surface area contributed by atoms with Crippen LogP contribution in [0.5, 0.6) is 0 Å². The number of nitrogens with one attached hydrogen (secondary N) is 1. The Morgan fingerprint density at radius 3 is 2.68 bits per heavy atom. The lowest BCUT2D eigenvalue weighted by Gasteiger charge is -2.29. The number of rotatable bonds is 4. The predicted octanol–water partition coefficient (Wildman–Crippen LogP) is 1.42. The molecule has 1 saturated carbocycles. The number of H-pyrrole nitrogens is 1. The quantitative estimate of drug-likeness (QED) is 0.852. The molecule has 0 atom stereocenters. The molecule has 2 aromatic rings. The minimum absolute atomic E-state index is 0.00322. The molecule has 1 saturated heterocycles. The summed E-state index contributed by atoms with van der Waals surface area (Å²) in [6, 6.07) is 0.420. The van der Waals surface area contributed by atoms with Gasteiger partial charge in [0.15, 0.2) is 5.82 Å². The van der Waals surface area contributed by atoms with Gasteiger partial charge in [-0.05, 0) is 36.1 Å². The summed E-state index contributed by atoms with van der Waals surface area (Å²) in [5.41, 5.74) is 1.75. The van der Waals surface area contributed by atoms with Crippen molar-refractivity contribution < 1.29 is 0 Å². The van der Waals surface area contributed by atoms with Crippen LogP contribution in [0.25, 0.3) is 0 Å². The maximum atomic E-state index is 12.7. The maximum absolute atomic E-state index is 12.7. The van der Waals surface area contributed by atoms with Crippen LogP contribution in [0.4, 0.5) is 5.95 Å². The first-order valence-electron chi connectivity index (χ1n) is 10.6. The van der Waals surface area contributed by atoms with Crippen molar-refractivity contribution in [1.29, 1.82) is 0 Å². The van der Waals surface area contributed by atoms with Crippen molar-refractivity contribution in [2.75, 3.05) is 24.5 Å². The summed E-state index contributed by atoms with van der Waals surface area (Å²) in [5.74, 6) is 1.66. The normalized spacial score (nSPS) is 21.2. The standard InChI is InChI=1S/C19H28N8O/c28-18-15-12-25(11-8-16(15)20-19(21-18)26-9-4-5-10-26)13-17-22-23-24-27(17)14-6-2-1-3-7-14/h14H,1-13H2,(H,20,21,28). The van der Waals surface area contributed by atoms with Crippen LogP contribution in [0, 0.1) is 0 Å². The Labute approximate surface area is 164 Å². The van der Waals surface area contributed by atoms with Crippen molar-refractivity contribution in [1.82, 2.24) is 35.1 Å². The average molecular weight is 384 g/mol. The van der Waals surface area contributed by atoms with Gasteiger partial charge in [0.1, 0.15) is 0 Å². The molecule has 0 unspecified atom stereocenters. The van der Waals surface area contributed by atoms with Gasteiger partial charge in [0.2, 0.25) is 5.95 Å². The van der Waals surface area contributed by atoms with Gasteiger partial charge in [-0.3, -0.25) is 14.7 Å². The minimum Gasteiger partial charge on any atom is -0.342 e. The Bertz CT molecular complexity index is 878. The van der Waals surface area contributed by atoms with E-state index in [1.54, 1.807) is 0 Å². The first kappa shape index (κ1) is 17.8. The Kier molecular flexibility index (Phi) is 4.84. The Morgan fingerprint density at radius 1 is 1.04 bits per heavy atom. The third kappa shape index (κ3) is 3.43. The molecule has 2 aromatic heterocycles. The van der Waals surface area contributed by atoms with Gasteiger partial charge in [0, 0.05) is 32.6 Å². The zero-order valence-corrected chi connectivity index (χ0v) is 16.3. The number of fused-ring (bicyclic) bond motifs is 1. The number of aromatic nitrogens is 6. The lowest BCUT2D eigenvalue weighted by molar-refractivity contribution is 0.222. The molecule has 1 N–H and O–H groups in total. The number of nitrogens with zero attached hydrogens (tertiary/aromatic N) is 7. The average Bonchev–Trinajstić information content (AvgIpc) is 3.41. The van der Waals surface area contributed by atoms with E-state index >= 15 is 0 Å². The molecule has 1 aliphatic carbocycles. The zero-order valence-electron chi connectivity index (χ0n) is 16.3. The highest BCUT2D eigenvalue weighted by molar-refractivity contribution is 5.35. The van der Waals surface area contributed by atoms with Crippen molar-refractivity contribution in [3.63, 3.8) is 0 Å². The SMILES string of the molecule is O=c1[nH]c(N2CCCC2)nc2c1CN(Cc1nnnn1C1CCCCC1)CC2. The number of tetrazole rings is 1. The summed E-state index contributed by atoms with van der Waals surface area (Å²) in [4.78, 5) is 24.9. The number of hydrogen-bond donors (Lipinski definition) is 1. The van der Waals surface area contributed by atoms with E-state index in [0.29, 0.717) is 19.1 Å². The topological polar surface area (TPSA) is 95.8 Å². The fourth-order valence-electron chi connectivity index (χ4n) is 4.81. The highest BCUT2D eigenvalue weighted by Gasteiger charge is 2.26. The third-order valence-corrected chi connectivity index (χ3v) is 6.39. The molecule has 5 rings (SSSR count). The van der Waals surface area contributed by atoms with E-state index in [9.17, 15) is 4.79 Å². The fraction of sp³-hybridized carbons (Fsp3) is 0.737. The van der Waals surface area contributed by atoms with Gasteiger partial charge in [-0.1, -0.05) is 19.3 Å². The van der Waals surface area contributed by atoms with Crippen molar-refractivity contribution in [3.8, 4) is 0 Å². The molecule has 0 radical (unpaired) electrons. The second-order valence-corrected chi connectivity index (χ2v) is 8.30. The van der Waals surface area contributed by atoms with Gasteiger partial charge in [-0.25, -0.2) is 9.67 Å². The lowest BCUT2D eigenvalue weighted by Crippen LogP contribution is -2.37. The Hall–Kier alpha value is -2.29. The first-order chi connectivity index (χ1) is 13.8. The van der Waals surface area contributed by atoms with E-state index in [2.05, 4.69) is 30.3 Å². The highest BCUT2D eigenvalue weighted by atomic mass is 16.1.